The zero-order valence-electron chi connectivity index (χ0n) is 25.9. The number of morpholine rings is 1. The molecule has 0 bridgehead atoms. The van der Waals surface area contributed by atoms with Crippen molar-refractivity contribution in [3.8, 4) is 28.3 Å². The van der Waals surface area contributed by atoms with Crippen LogP contribution in [0.3, 0.4) is 0 Å². The second-order valence-electron chi connectivity index (χ2n) is 11.5. The Morgan fingerprint density at radius 2 is 1.81 bits per heavy atom. The van der Waals surface area contributed by atoms with E-state index in [-0.39, 0.29) is 40.9 Å². The predicted molar refractivity (Wildman–Crippen MR) is 178 cm³/mol. The van der Waals surface area contributed by atoms with E-state index in [0.717, 1.165) is 33.1 Å². The molecular weight excluding hydrogens is 647 g/mol. The van der Waals surface area contributed by atoms with Gasteiger partial charge < -0.3 is 30.0 Å². The number of nitrogens with zero attached hydrogens (tertiary/aromatic N) is 3. The summed E-state index contributed by atoms with van der Waals surface area (Å²) < 4.78 is 13.1. The molecule has 6 rings (SSSR count). The standard InChI is InChI=1S/C33H32Cl2N6O6/c1-40-14-22(32(44)41(2)33(40)45)30(43)38-24-9-5-7-20(29(24)35)19-6-4-8-21(28(19)34)25-12-17-10-11-23(27(17)31(39-25)46-3)36-13-18-15-47-16-26(42)37-18/h4-9,12,14,18,23,36H,10-11,13,15-16H2,1-3H3,(H,37,42)(H,38,43)/t18-,23+/m1/s1. The van der Waals surface area contributed by atoms with Crippen LogP contribution in [0.25, 0.3) is 22.4 Å². The molecule has 0 spiro atoms. The van der Waals surface area contributed by atoms with Crippen LogP contribution >= 0.6 is 23.2 Å². The van der Waals surface area contributed by atoms with Gasteiger partial charge in [0.05, 0.1) is 41.2 Å². The maximum absolute atomic E-state index is 13.1. The van der Waals surface area contributed by atoms with Crippen molar-refractivity contribution in [3.05, 3.63) is 96.2 Å². The van der Waals surface area contributed by atoms with Gasteiger partial charge in [0.25, 0.3) is 11.5 Å². The van der Waals surface area contributed by atoms with E-state index >= 15 is 0 Å². The first-order chi connectivity index (χ1) is 22.6. The van der Waals surface area contributed by atoms with Gasteiger partial charge in [-0.2, -0.15) is 0 Å². The van der Waals surface area contributed by atoms with E-state index in [2.05, 4.69) is 16.0 Å². The predicted octanol–water partition coefficient (Wildman–Crippen LogP) is 3.47. The van der Waals surface area contributed by atoms with Gasteiger partial charge in [0.15, 0.2) is 0 Å². The summed E-state index contributed by atoms with van der Waals surface area (Å²) in [5, 5.41) is 9.78. The number of aryl methyl sites for hydroxylation is 2. The molecule has 3 N–H and O–H groups in total. The summed E-state index contributed by atoms with van der Waals surface area (Å²) in [7, 11) is 4.34. The largest absolute Gasteiger partial charge is 0.481 e. The van der Waals surface area contributed by atoms with E-state index in [9.17, 15) is 19.2 Å². The highest BCUT2D eigenvalue weighted by molar-refractivity contribution is 6.39. The van der Waals surface area contributed by atoms with Gasteiger partial charge in [-0.15, -0.1) is 0 Å². The van der Waals surface area contributed by atoms with Crippen LogP contribution in [0.4, 0.5) is 5.69 Å². The molecule has 2 aliphatic rings. The molecule has 1 aliphatic carbocycles. The summed E-state index contributed by atoms with van der Waals surface area (Å²) in [6.45, 7) is 1.09. The summed E-state index contributed by atoms with van der Waals surface area (Å²) in [4.78, 5) is 54.3. The topological polar surface area (TPSA) is 146 Å². The molecule has 244 valence electrons. The molecule has 2 aromatic carbocycles. The summed E-state index contributed by atoms with van der Waals surface area (Å²) in [6, 6.07) is 12.5. The van der Waals surface area contributed by atoms with E-state index < -0.39 is 17.2 Å². The number of fused-ring (bicyclic) bond motifs is 1. The van der Waals surface area contributed by atoms with Crippen molar-refractivity contribution in [2.75, 3.05) is 32.2 Å². The van der Waals surface area contributed by atoms with Crippen LogP contribution < -0.4 is 31.9 Å². The Kier molecular flexibility index (Phi) is 9.20. The SMILES string of the molecule is COc1nc(-c2cccc(-c3cccc(NC(=O)c4cn(C)c(=O)n(C)c4=O)c3Cl)c2Cl)cc2c1[C@@H](NC[C@@H]1COCC(=O)N1)CC2. The van der Waals surface area contributed by atoms with E-state index in [1.165, 1.54) is 20.3 Å². The summed E-state index contributed by atoms with van der Waals surface area (Å²) in [5.41, 5.74) is 3.32. The van der Waals surface area contributed by atoms with Gasteiger partial charge in [-0.25, -0.2) is 9.78 Å². The number of hydrogen-bond acceptors (Lipinski definition) is 8. The molecule has 2 atom stereocenters. The Morgan fingerprint density at radius 3 is 2.55 bits per heavy atom. The third kappa shape index (κ3) is 6.29. The highest BCUT2D eigenvalue weighted by Crippen LogP contribution is 2.44. The third-order valence-electron chi connectivity index (χ3n) is 8.38. The number of benzene rings is 2. The van der Waals surface area contributed by atoms with E-state index in [0.29, 0.717) is 46.4 Å². The molecule has 1 fully saturated rings. The second kappa shape index (κ2) is 13.3. The molecular formula is C33H32Cl2N6O6. The lowest BCUT2D eigenvalue weighted by atomic mass is 9.99. The molecule has 0 radical (unpaired) electrons. The number of halogens is 2. The number of carbonyl (C=O) groups is 2. The number of hydrogen-bond donors (Lipinski definition) is 3. The molecule has 14 heteroatoms. The van der Waals surface area contributed by atoms with Gasteiger partial charge in [-0.1, -0.05) is 53.5 Å². The van der Waals surface area contributed by atoms with Crippen LogP contribution in [0.15, 0.2) is 58.3 Å². The van der Waals surface area contributed by atoms with Gasteiger partial charge in [0, 0.05) is 55.1 Å². The molecule has 3 heterocycles. The second-order valence-corrected chi connectivity index (χ2v) is 12.2. The van der Waals surface area contributed by atoms with Crippen molar-refractivity contribution in [2.24, 2.45) is 14.1 Å². The fraction of sp³-hybridized carbons (Fsp3) is 0.303. The Balaban J connectivity index is 1.28. The quantitative estimate of drug-likeness (QED) is 0.257. The van der Waals surface area contributed by atoms with Gasteiger partial charge in [-0.3, -0.25) is 19.0 Å². The third-order valence-corrected chi connectivity index (χ3v) is 9.20. The minimum absolute atomic E-state index is 0.000143. The lowest BCUT2D eigenvalue weighted by Crippen LogP contribution is -2.50. The van der Waals surface area contributed by atoms with Crippen molar-refractivity contribution in [3.63, 3.8) is 0 Å². The van der Waals surface area contributed by atoms with Crippen LogP contribution in [0.2, 0.25) is 10.0 Å². The van der Waals surface area contributed by atoms with Crippen molar-refractivity contribution in [1.29, 1.82) is 0 Å². The van der Waals surface area contributed by atoms with Crippen molar-refractivity contribution < 1.29 is 19.1 Å². The van der Waals surface area contributed by atoms with Crippen LogP contribution in [0, 0.1) is 0 Å². The number of amides is 2. The fourth-order valence-electron chi connectivity index (χ4n) is 6.03. The van der Waals surface area contributed by atoms with Crippen molar-refractivity contribution in [2.45, 2.75) is 24.9 Å². The van der Waals surface area contributed by atoms with Crippen molar-refractivity contribution >= 4 is 40.7 Å². The van der Waals surface area contributed by atoms with Gasteiger partial charge in [0.1, 0.15) is 12.2 Å². The number of carbonyl (C=O) groups excluding carboxylic acids is 2. The number of anilines is 1. The first kappa shape index (κ1) is 32.5. The number of aromatic nitrogens is 3. The highest BCUT2D eigenvalue weighted by Gasteiger charge is 2.30. The lowest BCUT2D eigenvalue weighted by molar-refractivity contribution is -0.131. The Morgan fingerprint density at radius 1 is 1.09 bits per heavy atom. The average molecular weight is 680 g/mol. The number of nitrogens with one attached hydrogen (secondary N) is 3. The van der Waals surface area contributed by atoms with Gasteiger partial charge in [0.2, 0.25) is 11.8 Å². The molecule has 1 aliphatic heterocycles. The number of methoxy groups -OCH3 is 1. The van der Waals surface area contributed by atoms with Crippen molar-refractivity contribution in [1.82, 2.24) is 24.8 Å². The van der Waals surface area contributed by atoms with E-state index in [1.807, 2.05) is 24.3 Å². The first-order valence-electron chi connectivity index (χ1n) is 14.9. The Bertz CT molecular complexity index is 2030. The molecule has 0 unspecified atom stereocenters. The molecule has 47 heavy (non-hydrogen) atoms. The summed E-state index contributed by atoms with van der Waals surface area (Å²) in [6.07, 6.45) is 2.83. The first-order valence-corrected chi connectivity index (χ1v) is 15.7. The van der Waals surface area contributed by atoms with Crippen LogP contribution in [0.1, 0.15) is 33.9 Å². The number of ether oxygens (including phenoxy) is 2. The molecule has 4 aromatic rings. The fourth-order valence-corrected chi connectivity index (χ4v) is 6.63. The molecule has 2 amide bonds. The summed E-state index contributed by atoms with van der Waals surface area (Å²) in [5.74, 6) is -0.339. The lowest BCUT2D eigenvalue weighted by Gasteiger charge is -2.26. The smallest absolute Gasteiger partial charge is 0.330 e. The maximum atomic E-state index is 13.1. The number of rotatable bonds is 8. The van der Waals surface area contributed by atoms with E-state index in [4.69, 9.17) is 37.7 Å². The monoisotopic (exact) mass is 678 g/mol. The minimum atomic E-state index is -0.722. The normalized spacial score (nSPS) is 17.3. The van der Waals surface area contributed by atoms with Gasteiger partial charge >= 0.3 is 5.69 Å². The molecule has 12 nitrogen and oxygen atoms in total. The van der Waals surface area contributed by atoms with E-state index in [1.54, 1.807) is 25.3 Å². The molecule has 0 saturated carbocycles. The molecule has 1 saturated heterocycles. The Hall–Kier alpha value is -4.49. The highest BCUT2D eigenvalue weighted by atomic mass is 35.5. The van der Waals surface area contributed by atoms with Crippen LogP contribution in [-0.2, 0) is 30.0 Å². The maximum Gasteiger partial charge on any atom is 0.330 e. The minimum Gasteiger partial charge on any atom is -0.481 e. The zero-order valence-corrected chi connectivity index (χ0v) is 27.4. The van der Waals surface area contributed by atoms with Crippen LogP contribution in [0.5, 0.6) is 5.88 Å². The Labute approximate surface area is 279 Å². The number of pyridine rings is 1. The average Bonchev–Trinajstić information content (AvgIpc) is 3.48. The van der Waals surface area contributed by atoms with Gasteiger partial charge in [-0.05, 0) is 30.5 Å². The molecule has 2 aromatic heterocycles. The van der Waals surface area contributed by atoms with Crippen LogP contribution in [-0.4, -0.2) is 58.8 Å². The zero-order chi connectivity index (χ0) is 33.4. The summed E-state index contributed by atoms with van der Waals surface area (Å²) >= 11 is 13.9.